The molecule has 0 bridgehead atoms. The van der Waals surface area contributed by atoms with E-state index in [9.17, 15) is 4.79 Å². The van der Waals surface area contributed by atoms with Crippen molar-refractivity contribution in [1.29, 1.82) is 0 Å². The van der Waals surface area contributed by atoms with Gasteiger partial charge in [0.25, 0.3) is 0 Å². The van der Waals surface area contributed by atoms with Gasteiger partial charge in [0.1, 0.15) is 17.5 Å². The van der Waals surface area contributed by atoms with Gasteiger partial charge in [-0.15, -0.1) is 0 Å². The third-order valence-corrected chi connectivity index (χ3v) is 2.28. The lowest BCUT2D eigenvalue weighted by Gasteiger charge is -2.18. The van der Waals surface area contributed by atoms with E-state index < -0.39 is 0 Å². The maximum absolute atomic E-state index is 11.0. The van der Waals surface area contributed by atoms with Crippen molar-refractivity contribution < 1.29 is 9.53 Å². The highest BCUT2D eigenvalue weighted by atomic mass is 16.5. The fourth-order valence-corrected chi connectivity index (χ4v) is 1.29. The van der Waals surface area contributed by atoms with Crippen LogP contribution in [0.25, 0.3) is 0 Å². The molecule has 1 heterocycles. The zero-order valence-corrected chi connectivity index (χ0v) is 11.3. The van der Waals surface area contributed by atoms with Gasteiger partial charge in [-0.05, 0) is 0 Å². The zero-order chi connectivity index (χ0) is 13.8. The minimum absolute atomic E-state index is 0.172. The van der Waals surface area contributed by atoms with Crippen LogP contribution in [-0.2, 0) is 14.9 Å². The van der Waals surface area contributed by atoms with Crippen molar-refractivity contribution >= 4 is 17.6 Å². The van der Waals surface area contributed by atoms with Gasteiger partial charge in [-0.1, -0.05) is 20.8 Å². The van der Waals surface area contributed by atoms with Crippen molar-refractivity contribution in [3.63, 3.8) is 0 Å². The topological polar surface area (TPSA) is 90.1 Å². The van der Waals surface area contributed by atoms with Crippen LogP contribution >= 0.6 is 0 Å². The van der Waals surface area contributed by atoms with E-state index >= 15 is 0 Å². The maximum atomic E-state index is 11.0. The number of esters is 1. The molecule has 0 amide bonds. The summed E-state index contributed by atoms with van der Waals surface area (Å²) in [6, 6.07) is 1.65. The molecule has 0 saturated heterocycles. The first-order chi connectivity index (χ1) is 8.32. The van der Waals surface area contributed by atoms with Crippen molar-refractivity contribution in [3.8, 4) is 0 Å². The second-order valence-corrected chi connectivity index (χ2v) is 5.00. The Hall–Kier alpha value is -1.85. The van der Waals surface area contributed by atoms with Crippen LogP contribution in [0.15, 0.2) is 6.07 Å². The summed E-state index contributed by atoms with van der Waals surface area (Å²) < 4.78 is 4.55. The second kappa shape index (κ2) is 5.66. The number of ether oxygens (including phenoxy) is 1. The molecule has 6 heteroatoms. The molecule has 0 aliphatic carbocycles. The monoisotopic (exact) mass is 252 g/mol. The normalized spacial score (nSPS) is 11.1. The van der Waals surface area contributed by atoms with E-state index in [2.05, 4.69) is 20.0 Å². The van der Waals surface area contributed by atoms with Crippen LogP contribution in [0.5, 0.6) is 0 Å². The summed E-state index contributed by atoms with van der Waals surface area (Å²) >= 11 is 0. The minimum atomic E-state index is -0.263. The summed E-state index contributed by atoms with van der Waals surface area (Å²) in [6.07, 6.45) is 0.283. The van der Waals surface area contributed by atoms with Crippen molar-refractivity contribution in [2.75, 3.05) is 24.7 Å². The van der Waals surface area contributed by atoms with Crippen molar-refractivity contribution in [3.05, 3.63) is 11.9 Å². The number of hydrogen-bond acceptors (Lipinski definition) is 6. The van der Waals surface area contributed by atoms with Gasteiger partial charge in [0.15, 0.2) is 0 Å². The number of nitrogens with zero attached hydrogens (tertiary/aromatic N) is 2. The Labute approximate surface area is 107 Å². The van der Waals surface area contributed by atoms with E-state index in [-0.39, 0.29) is 17.8 Å². The van der Waals surface area contributed by atoms with Crippen LogP contribution in [0, 0.1) is 0 Å². The minimum Gasteiger partial charge on any atom is -0.469 e. The molecule has 0 aromatic carbocycles. The Kier molecular flexibility index (Phi) is 4.47. The molecule has 0 aliphatic rings. The molecule has 100 valence electrons. The molecular weight excluding hydrogens is 232 g/mol. The number of nitrogens with two attached hydrogens (primary N) is 1. The Morgan fingerprint density at radius 3 is 2.67 bits per heavy atom. The van der Waals surface area contributed by atoms with Crippen molar-refractivity contribution in [2.45, 2.75) is 32.6 Å². The highest BCUT2D eigenvalue weighted by Crippen LogP contribution is 2.21. The molecule has 0 aliphatic heterocycles. The number of rotatable bonds is 4. The fraction of sp³-hybridized carbons (Fsp3) is 0.583. The predicted octanol–water partition coefficient (Wildman–Crippen LogP) is 1.33. The van der Waals surface area contributed by atoms with E-state index in [0.29, 0.717) is 24.0 Å². The number of hydrogen-bond donors (Lipinski definition) is 2. The smallest absolute Gasteiger partial charge is 0.307 e. The lowest BCUT2D eigenvalue weighted by atomic mass is 9.96. The van der Waals surface area contributed by atoms with Gasteiger partial charge >= 0.3 is 5.97 Å². The molecule has 1 rings (SSSR count). The first-order valence-corrected chi connectivity index (χ1v) is 5.78. The fourth-order valence-electron chi connectivity index (χ4n) is 1.29. The van der Waals surface area contributed by atoms with Crippen LogP contribution in [-0.4, -0.2) is 29.6 Å². The molecule has 0 spiro atoms. The predicted molar refractivity (Wildman–Crippen MR) is 70.3 cm³/mol. The SMILES string of the molecule is COC(=O)CCNc1cc(N)nc(C(C)(C)C)n1. The van der Waals surface area contributed by atoms with E-state index in [1.165, 1.54) is 7.11 Å². The van der Waals surface area contributed by atoms with Gasteiger partial charge in [0.2, 0.25) is 0 Å². The molecule has 0 radical (unpaired) electrons. The summed E-state index contributed by atoms with van der Waals surface area (Å²) in [5, 5.41) is 3.03. The van der Waals surface area contributed by atoms with Gasteiger partial charge in [-0.25, -0.2) is 9.97 Å². The van der Waals surface area contributed by atoms with Crippen LogP contribution in [0.1, 0.15) is 33.0 Å². The number of nitrogens with one attached hydrogen (secondary N) is 1. The van der Waals surface area contributed by atoms with Crippen LogP contribution in [0.2, 0.25) is 0 Å². The Balaban J connectivity index is 2.72. The molecule has 18 heavy (non-hydrogen) atoms. The molecule has 3 N–H and O–H groups in total. The van der Waals surface area contributed by atoms with Crippen LogP contribution in [0.3, 0.4) is 0 Å². The van der Waals surface area contributed by atoms with E-state index in [1.807, 2.05) is 20.8 Å². The molecule has 0 fully saturated rings. The van der Waals surface area contributed by atoms with Gasteiger partial charge < -0.3 is 15.8 Å². The number of anilines is 2. The summed E-state index contributed by atoms with van der Waals surface area (Å²) in [4.78, 5) is 19.5. The van der Waals surface area contributed by atoms with Crippen LogP contribution < -0.4 is 11.1 Å². The number of aromatic nitrogens is 2. The zero-order valence-electron chi connectivity index (χ0n) is 11.3. The second-order valence-electron chi connectivity index (χ2n) is 5.00. The summed E-state index contributed by atoms with van der Waals surface area (Å²) in [5.74, 6) is 1.44. The van der Waals surface area contributed by atoms with E-state index in [1.54, 1.807) is 6.07 Å². The number of methoxy groups -OCH3 is 1. The Morgan fingerprint density at radius 2 is 2.11 bits per heavy atom. The van der Waals surface area contributed by atoms with Crippen molar-refractivity contribution in [2.24, 2.45) is 0 Å². The molecule has 0 saturated carbocycles. The third kappa shape index (κ3) is 4.20. The molecule has 0 unspecified atom stereocenters. The van der Waals surface area contributed by atoms with Gasteiger partial charge in [0.05, 0.1) is 13.5 Å². The molecule has 0 atom stereocenters. The van der Waals surface area contributed by atoms with Gasteiger partial charge in [-0.2, -0.15) is 0 Å². The molecule has 1 aromatic heterocycles. The first kappa shape index (κ1) is 14.2. The van der Waals surface area contributed by atoms with Crippen molar-refractivity contribution in [1.82, 2.24) is 9.97 Å². The average molecular weight is 252 g/mol. The Bertz CT molecular complexity index is 427. The van der Waals surface area contributed by atoms with Gasteiger partial charge in [0, 0.05) is 18.0 Å². The largest absolute Gasteiger partial charge is 0.469 e. The third-order valence-electron chi connectivity index (χ3n) is 2.28. The van der Waals surface area contributed by atoms with Crippen LogP contribution in [0.4, 0.5) is 11.6 Å². The molecular formula is C12H20N4O2. The quantitative estimate of drug-likeness (QED) is 0.786. The highest BCUT2D eigenvalue weighted by Gasteiger charge is 2.18. The summed E-state index contributed by atoms with van der Waals surface area (Å²) in [6.45, 7) is 6.49. The Morgan fingerprint density at radius 1 is 1.44 bits per heavy atom. The summed E-state index contributed by atoms with van der Waals surface area (Å²) in [7, 11) is 1.36. The van der Waals surface area contributed by atoms with Gasteiger partial charge in [-0.3, -0.25) is 4.79 Å². The summed E-state index contributed by atoms with van der Waals surface area (Å²) in [5.41, 5.74) is 5.56. The number of carbonyl (C=O) groups excluding carboxylic acids is 1. The molecule has 1 aromatic rings. The first-order valence-electron chi connectivity index (χ1n) is 5.78. The standard InChI is InChI=1S/C12H20N4O2/c1-12(2,3)11-15-8(13)7-9(16-11)14-6-5-10(17)18-4/h7H,5-6H2,1-4H3,(H3,13,14,15,16). The highest BCUT2D eigenvalue weighted by molar-refractivity contribution is 5.69. The number of nitrogen functional groups attached to an aromatic ring is 1. The lowest BCUT2D eigenvalue weighted by molar-refractivity contribution is -0.140. The average Bonchev–Trinajstić information content (AvgIpc) is 2.27. The maximum Gasteiger partial charge on any atom is 0.307 e. The molecule has 6 nitrogen and oxygen atoms in total. The van der Waals surface area contributed by atoms with E-state index in [4.69, 9.17) is 5.73 Å². The number of carbonyl (C=O) groups is 1. The lowest BCUT2D eigenvalue weighted by Crippen LogP contribution is -2.19. The van der Waals surface area contributed by atoms with E-state index in [0.717, 1.165) is 0 Å².